The van der Waals surface area contributed by atoms with Gasteiger partial charge in [0.25, 0.3) is 0 Å². The number of rotatable bonds is 8. The molecule has 0 aliphatic carbocycles. The van der Waals surface area contributed by atoms with Crippen molar-refractivity contribution in [3.05, 3.63) is 29.3 Å². The summed E-state index contributed by atoms with van der Waals surface area (Å²) in [5, 5.41) is 12.2. The van der Waals surface area contributed by atoms with Crippen LogP contribution in [-0.2, 0) is 4.79 Å². The van der Waals surface area contributed by atoms with Crippen molar-refractivity contribution in [2.75, 3.05) is 31.6 Å². The van der Waals surface area contributed by atoms with Crippen molar-refractivity contribution in [3.8, 4) is 0 Å². The molecular weight excluding hydrogens is 264 g/mol. The van der Waals surface area contributed by atoms with Gasteiger partial charge in [0.1, 0.15) is 0 Å². The van der Waals surface area contributed by atoms with Gasteiger partial charge in [0.2, 0.25) is 5.91 Å². The highest BCUT2D eigenvalue weighted by atomic mass is 35.5. The lowest BCUT2D eigenvalue weighted by molar-refractivity contribution is -0.116. The first-order chi connectivity index (χ1) is 9.15. The summed E-state index contributed by atoms with van der Waals surface area (Å²) in [4.78, 5) is 13.9. The minimum atomic E-state index is -0.0234. The van der Waals surface area contributed by atoms with E-state index in [0.29, 0.717) is 18.0 Å². The van der Waals surface area contributed by atoms with Crippen LogP contribution in [0.1, 0.15) is 19.8 Å². The Labute approximate surface area is 119 Å². The predicted octanol–water partition coefficient (Wildman–Crippen LogP) is 2.37. The van der Waals surface area contributed by atoms with Crippen molar-refractivity contribution in [2.45, 2.75) is 19.8 Å². The Morgan fingerprint density at radius 3 is 2.84 bits per heavy atom. The Balaban J connectivity index is 2.34. The molecule has 0 saturated carbocycles. The van der Waals surface area contributed by atoms with E-state index in [1.165, 1.54) is 0 Å². The number of carbonyl (C=O) groups excluding carboxylic acids is 1. The van der Waals surface area contributed by atoms with E-state index in [2.05, 4.69) is 10.2 Å². The molecule has 0 radical (unpaired) electrons. The van der Waals surface area contributed by atoms with Crippen LogP contribution in [-0.4, -0.2) is 42.2 Å². The SMILES string of the molecule is CCN(CCCO)CCC(=O)Nc1cccc(Cl)c1. The molecule has 1 aromatic rings. The molecule has 1 amide bonds. The van der Waals surface area contributed by atoms with Crippen molar-refractivity contribution in [3.63, 3.8) is 0 Å². The number of aliphatic hydroxyl groups is 1. The lowest BCUT2D eigenvalue weighted by atomic mass is 10.3. The van der Waals surface area contributed by atoms with E-state index < -0.39 is 0 Å². The topological polar surface area (TPSA) is 52.6 Å². The van der Waals surface area contributed by atoms with E-state index in [9.17, 15) is 4.79 Å². The number of hydrogen-bond donors (Lipinski definition) is 2. The van der Waals surface area contributed by atoms with E-state index >= 15 is 0 Å². The fraction of sp³-hybridized carbons (Fsp3) is 0.500. The third-order valence-electron chi connectivity index (χ3n) is 2.84. The molecule has 106 valence electrons. The van der Waals surface area contributed by atoms with E-state index in [4.69, 9.17) is 16.7 Å². The van der Waals surface area contributed by atoms with Crippen LogP contribution < -0.4 is 5.32 Å². The Kier molecular flexibility index (Phi) is 7.48. The van der Waals surface area contributed by atoms with Crippen LogP contribution in [0, 0.1) is 0 Å². The summed E-state index contributed by atoms with van der Waals surface area (Å²) in [6.45, 7) is 4.63. The summed E-state index contributed by atoms with van der Waals surface area (Å²) in [5.74, 6) is -0.0234. The van der Waals surface area contributed by atoms with Crippen molar-refractivity contribution >= 4 is 23.2 Å². The van der Waals surface area contributed by atoms with Crippen LogP contribution in [0.3, 0.4) is 0 Å². The fourth-order valence-electron chi connectivity index (χ4n) is 1.77. The van der Waals surface area contributed by atoms with Gasteiger partial charge in [0.05, 0.1) is 0 Å². The van der Waals surface area contributed by atoms with Gasteiger partial charge >= 0.3 is 0 Å². The quantitative estimate of drug-likeness (QED) is 0.771. The molecule has 4 nitrogen and oxygen atoms in total. The van der Waals surface area contributed by atoms with Crippen LogP contribution in [0.5, 0.6) is 0 Å². The van der Waals surface area contributed by atoms with Crippen LogP contribution in [0.4, 0.5) is 5.69 Å². The molecule has 0 spiro atoms. The Bertz CT molecular complexity index is 399. The number of carbonyl (C=O) groups is 1. The van der Waals surface area contributed by atoms with E-state index in [0.717, 1.165) is 25.2 Å². The molecule has 0 atom stereocenters. The third-order valence-corrected chi connectivity index (χ3v) is 3.08. The second kappa shape index (κ2) is 8.91. The van der Waals surface area contributed by atoms with Gasteiger partial charge in [-0.1, -0.05) is 24.6 Å². The third kappa shape index (κ3) is 6.57. The first-order valence-corrected chi connectivity index (χ1v) is 6.92. The predicted molar refractivity (Wildman–Crippen MR) is 78.5 cm³/mol. The molecule has 2 N–H and O–H groups in total. The number of benzene rings is 1. The summed E-state index contributed by atoms with van der Waals surface area (Å²) in [6, 6.07) is 7.11. The van der Waals surface area contributed by atoms with Gasteiger partial charge in [-0.05, 0) is 31.2 Å². The average Bonchev–Trinajstić information content (AvgIpc) is 2.39. The molecule has 19 heavy (non-hydrogen) atoms. The maximum Gasteiger partial charge on any atom is 0.225 e. The molecule has 0 saturated heterocycles. The molecule has 0 aliphatic rings. The molecule has 0 fully saturated rings. The second-order valence-electron chi connectivity index (χ2n) is 4.32. The van der Waals surface area contributed by atoms with Crippen LogP contribution >= 0.6 is 11.6 Å². The number of hydrogen-bond acceptors (Lipinski definition) is 3. The minimum absolute atomic E-state index is 0.0234. The highest BCUT2D eigenvalue weighted by molar-refractivity contribution is 6.30. The molecular formula is C14H21ClN2O2. The zero-order valence-electron chi connectivity index (χ0n) is 11.2. The average molecular weight is 285 g/mol. The number of anilines is 1. The van der Waals surface area contributed by atoms with Crippen molar-refractivity contribution in [1.82, 2.24) is 4.90 Å². The highest BCUT2D eigenvalue weighted by Crippen LogP contribution is 2.14. The zero-order valence-corrected chi connectivity index (χ0v) is 12.0. The summed E-state index contributed by atoms with van der Waals surface area (Å²) in [5.41, 5.74) is 0.718. The van der Waals surface area contributed by atoms with Gasteiger partial charge < -0.3 is 15.3 Å². The van der Waals surface area contributed by atoms with Gasteiger partial charge in [0, 0.05) is 36.8 Å². The second-order valence-corrected chi connectivity index (χ2v) is 4.76. The molecule has 0 unspecified atom stereocenters. The summed E-state index contributed by atoms with van der Waals surface area (Å²) >= 11 is 5.85. The Hall–Kier alpha value is -1.10. The first-order valence-electron chi connectivity index (χ1n) is 6.54. The number of aliphatic hydroxyl groups excluding tert-OH is 1. The maximum atomic E-state index is 11.8. The van der Waals surface area contributed by atoms with Crippen LogP contribution in [0.2, 0.25) is 5.02 Å². The zero-order chi connectivity index (χ0) is 14.1. The van der Waals surface area contributed by atoms with Gasteiger partial charge in [0.15, 0.2) is 0 Å². The standard InChI is InChI=1S/C14H21ClN2O2/c1-2-17(8-4-10-18)9-7-14(19)16-13-6-3-5-12(15)11-13/h3,5-6,11,18H,2,4,7-10H2,1H3,(H,16,19). The molecule has 1 aromatic carbocycles. The van der Waals surface area contributed by atoms with Crippen molar-refractivity contribution in [2.24, 2.45) is 0 Å². The number of nitrogens with one attached hydrogen (secondary N) is 1. The molecule has 5 heteroatoms. The van der Waals surface area contributed by atoms with Crippen molar-refractivity contribution in [1.29, 1.82) is 0 Å². The summed E-state index contributed by atoms with van der Waals surface area (Å²) in [6.07, 6.45) is 1.18. The Morgan fingerprint density at radius 2 is 2.21 bits per heavy atom. The molecule has 0 heterocycles. The summed E-state index contributed by atoms with van der Waals surface area (Å²) in [7, 11) is 0. The van der Waals surface area contributed by atoms with Gasteiger partial charge in [-0.25, -0.2) is 0 Å². The molecule has 0 aromatic heterocycles. The summed E-state index contributed by atoms with van der Waals surface area (Å²) < 4.78 is 0. The molecule has 1 rings (SSSR count). The van der Waals surface area contributed by atoms with Crippen molar-refractivity contribution < 1.29 is 9.90 Å². The largest absolute Gasteiger partial charge is 0.396 e. The maximum absolute atomic E-state index is 11.8. The van der Waals surface area contributed by atoms with E-state index in [1.807, 2.05) is 13.0 Å². The highest BCUT2D eigenvalue weighted by Gasteiger charge is 2.07. The van der Waals surface area contributed by atoms with Gasteiger partial charge in [-0.2, -0.15) is 0 Å². The molecule has 0 aliphatic heterocycles. The van der Waals surface area contributed by atoms with Gasteiger partial charge in [-0.3, -0.25) is 4.79 Å². The number of halogens is 1. The minimum Gasteiger partial charge on any atom is -0.396 e. The van der Waals surface area contributed by atoms with E-state index in [1.54, 1.807) is 18.2 Å². The van der Waals surface area contributed by atoms with Crippen LogP contribution in [0.25, 0.3) is 0 Å². The first kappa shape index (κ1) is 16.0. The lowest BCUT2D eigenvalue weighted by Gasteiger charge is -2.19. The fourth-order valence-corrected chi connectivity index (χ4v) is 1.96. The smallest absolute Gasteiger partial charge is 0.225 e. The molecule has 0 bridgehead atoms. The number of amides is 1. The van der Waals surface area contributed by atoms with Gasteiger partial charge in [-0.15, -0.1) is 0 Å². The Morgan fingerprint density at radius 1 is 1.42 bits per heavy atom. The number of nitrogens with zero attached hydrogens (tertiary/aromatic N) is 1. The van der Waals surface area contributed by atoms with Crippen LogP contribution in [0.15, 0.2) is 24.3 Å². The van der Waals surface area contributed by atoms with E-state index in [-0.39, 0.29) is 12.5 Å². The lowest BCUT2D eigenvalue weighted by Crippen LogP contribution is -2.29. The normalized spacial score (nSPS) is 10.7. The monoisotopic (exact) mass is 284 g/mol.